The van der Waals surface area contributed by atoms with E-state index in [-0.39, 0.29) is 5.91 Å². The summed E-state index contributed by atoms with van der Waals surface area (Å²) in [6.45, 7) is 10.2. The van der Waals surface area contributed by atoms with Crippen molar-refractivity contribution in [2.75, 3.05) is 32.8 Å². The van der Waals surface area contributed by atoms with Gasteiger partial charge < -0.3 is 15.4 Å². The van der Waals surface area contributed by atoms with Gasteiger partial charge in [0.1, 0.15) is 0 Å². The second kappa shape index (κ2) is 11.9. The highest BCUT2D eigenvalue weighted by Crippen LogP contribution is 1.88. The van der Waals surface area contributed by atoms with Crippen LogP contribution in [0.1, 0.15) is 40.0 Å². The van der Waals surface area contributed by atoms with Gasteiger partial charge in [-0.05, 0) is 12.3 Å². The van der Waals surface area contributed by atoms with E-state index in [1.807, 2.05) is 0 Å². The number of nitrogens with one attached hydrogen (secondary N) is 2. The second-order valence-corrected chi connectivity index (χ2v) is 4.66. The van der Waals surface area contributed by atoms with E-state index in [4.69, 9.17) is 4.74 Å². The molecular weight excluding hydrogens is 216 g/mol. The molecule has 0 bridgehead atoms. The van der Waals surface area contributed by atoms with E-state index in [1.54, 1.807) is 0 Å². The van der Waals surface area contributed by atoms with Crippen molar-refractivity contribution >= 4 is 5.91 Å². The largest absolute Gasteiger partial charge is 0.380 e. The van der Waals surface area contributed by atoms with Gasteiger partial charge in [0.15, 0.2) is 0 Å². The Morgan fingerprint density at radius 2 is 2.00 bits per heavy atom. The summed E-state index contributed by atoms with van der Waals surface area (Å²) in [4.78, 5) is 11.3. The highest BCUT2D eigenvalue weighted by Gasteiger charge is 2.01. The van der Waals surface area contributed by atoms with Crippen LogP contribution in [-0.2, 0) is 9.53 Å². The number of unbranched alkanes of at least 4 members (excludes halogenated alkanes) is 1. The molecule has 0 rings (SSSR count). The van der Waals surface area contributed by atoms with Gasteiger partial charge in [0.25, 0.3) is 0 Å². The molecule has 0 aliphatic heterocycles. The van der Waals surface area contributed by atoms with Gasteiger partial charge in [-0.2, -0.15) is 0 Å². The van der Waals surface area contributed by atoms with E-state index in [0.29, 0.717) is 12.3 Å². The lowest BCUT2D eigenvalue weighted by molar-refractivity contribution is -0.121. The van der Waals surface area contributed by atoms with Crippen molar-refractivity contribution < 1.29 is 9.53 Å². The smallest absolute Gasteiger partial charge is 0.221 e. The third-order valence-corrected chi connectivity index (χ3v) is 2.30. The fraction of sp³-hybridized carbons (Fsp3) is 0.923. The SMILES string of the molecule is CCCCOCCNCCC(=O)NCC(C)C. The van der Waals surface area contributed by atoms with Gasteiger partial charge in [0.05, 0.1) is 6.61 Å². The van der Waals surface area contributed by atoms with Crippen LogP contribution in [0.25, 0.3) is 0 Å². The zero-order chi connectivity index (χ0) is 12.9. The van der Waals surface area contributed by atoms with Gasteiger partial charge in [-0.3, -0.25) is 4.79 Å². The minimum atomic E-state index is 0.123. The van der Waals surface area contributed by atoms with E-state index in [2.05, 4.69) is 31.4 Å². The number of amides is 1. The van der Waals surface area contributed by atoms with Gasteiger partial charge in [0.2, 0.25) is 5.91 Å². The van der Waals surface area contributed by atoms with Crippen LogP contribution in [0.5, 0.6) is 0 Å². The van der Waals surface area contributed by atoms with Crippen LogP contribution in [0.15, 0.2) is 0 Å². The van der Waals surface area contributed by atoms with E-state index >= 15 is 0 Å². The van der Waals surface area contributed by atoms with E-state index in [9.17, 15) is 4.79 Å². The van der Waals surface area contributed by atoms with Gasteiger partial charge in [-0.15, -0.1) is 0 Å². The summed E-state index contributed by atoms with van der Waals surface area (Å²) in [7, 11) is 0. The van der Waals surface area contributed by atoms with E-state index < -0.39 is 0 Å². The lowest BCUT2D eigenvalue weighted by Crippen LogP contribution is -2.31. The summed E-state index contributed by atoms with van der Waals surface area (Å²) in [5, 5.41) is 6.09. The Bertz CT molecular complexity index is 184. The Labute approximate surface area is 105 Å². The number of hydrogen-bond donors (Lipinski definition) is 2. The Hall–Kier alpha value is -0.610. The molecule has 102 valence electrons. The number of rotatable bonds is 11. The third-order valence-electron chi connectivity index (χ3n) is 2.30. The molecule has 0 saturated heterocycles. The van der Waals surface area contributed by atoms with Crippen molar-refractivity contribution in [3.05, 3.63) is 0 Å². The van der Waals surface area contributed by atoms with Crippen LogP contribution < -0.4 is 10.6 Å². The molecular formula is C13H28N2O2. The molecule has 0 atom stereocenters. The second-order valence-electron chi connectivity index (χ2n) is 4.66. The fourth-order valence-electron chi connectivity index (χ4n) is 1.23. The third kappa shape index (κ3) is 13.3. The zero-order valence-corrected chi connectivity index (χ0v) is 11.6. The predicted molar refractivity (Wildman–Crippen MR) is 71.1 cm³/mol. The molecule has 0 unspecified atom stereocenters. The Morgan fingerprint density at radius 1 is 1.24 bits per heavy atom. The summed E-state index contributed by atoms with van der Waals surface area (Å²) >= 11 is 0. The molecule has 0 aromatic heterocycles. The fourth-order valence-corrected chi connectivity index (χ4v) is 1.23. The Balaban J connectivity index is 3.14. The molecule has 4 heteroatoms. The molecule has 17 heavy (non-hydrogen) atoms. The lowest BCUT2D eigenvalue weighted by Gasteiger charge is -2.08. The minimum absolute atomic E-state index is 0.123. The topological polar surface area (TPSA) is 50.4 Å². The van der Waals surface area contributed by atoms with Crippen molar-refractivity contribution in [2.45, 2.75) is 40.0 Å². The van der Waals surface area contributed by atoms with Crippen molar-refractivity contribution in [3.8, 4) is 0 Å². The van der Waals surface area contributed by atoms with Crippen LogP contribution >= 0.6 is 0 Å². The first-order valence-corrected chi connectivity index (χ1v) is 6.72. The molecule has 0 heterocycles. The molecule has 0 aromatic carbocycles. The van der Waals surface area contributed by atoms with Crippen LogP contribution in [0, 0.1) is 5.92 Å². The van der Waals surface area contributed by atoms with Crippen LogP contribution in [0.3, 0.4) is 0 Å². The summed E-state index contributed by atoms with van der Waals surface area (Å²) in [6.07, 6.45) is 2.84. The summed E-state index contributed by atoms with van der Waals surface area (Å²) in [6, 6.07) is 0. The number of carbonyl (C=O) groups excluding carboxylic acids is 1. The molecule has 0 saturated carbocycles. The highest BCUT2D eigenvalue weighted by atomic mass is 16.5. The first-order valence-electron chi connectivity index (χ1n) is 6.72. The molecule has 1 amide bonds. The first-order chi connectivity index (χ1) is 8.16. The molecule has 0 aliphatic carbocycles. The maximum absolute atomic E-state index is 11.3. The normalized spacial score (nSPS) is 10.8. The first kappa shape index (κ1) is 16.4. The molecule has 0 radical (unpaired) electrons. The monoisotopic (exact) mass is 244 g/mol. The van der Waals surface area contributed by atoms with Crippen LogP contribution in [0.2, 0.25) is 0 Å². The summed E-state index contributed by atoms with van der Waals surface area (Å²) in [5.41, 5.74) is 0. The maximum atomic E-state index is 11.3. The van der Waals surface area contributed by atoms with Crippen molar-refractivity contribution in [1.29, 1.82) is 0 Å². The Morgan fingerprint density at radius 3 is 2.65 bits per heavy atom. The lowest BCUT2D eigenvalue weighted by atomic mass is 10.2. The minimum Gasteiger partial charge on any atom is -0.380 e. The standard InChI is InChI=1S/C13H28N2O2/c1-4-5-9-17-10-8-14-7-6-13(16)15-11-12(2)3/h12,14H,4-11H2,1-3H3,(H,15,16). The zero-order valence-electron chi connectivity index (χ0n) is 11.6. The van der Waals surface area contributed by atoms with Gasteiger partial charge in [-0.1, -0.05) is 27.2 Å². The molecule has 0 fully saturated rings. The number of hydrogen-bond acceptors (Lipinski definition) is 3. The van der Waals surface area contributed by atoms with Crippen LogP contribution in [-0.4, -0.2) is 38.8 Å². The number of carbonyl (C=O) groups is 1. The molecule has 4 nitrogen and oxygen atoms in total. The van der Waals surface area contributed by atoms with Crippen molar-refractivity contribution in [3.63, 3.8) is 0 Å². The molecule has 0 aromatic rings. The average molecular weight is 244 g/mol. The summed E-state index contributed by atoms with van der Waals surface area (Å²) in [5.74, 6) is 0.636. The van der Waals surface area contributed by atoms with Crippen molar-refractivity contribution in [1.82, 2.24) is 10.6 Å². The summed E-state index contributed by atoms with van der Waals surface area (Å²) < 4.78 is 5.40. The quantitative estimate of drug-likeness (QED) is 0.542. The van der Waals surface area contributed by atoms with Gasteiger partial charge in [-0.25, -0.2) is 0 Å². The molecule has 0 aliphatic rings. The van der Waals surface area contributed by atoms with E-state index in [1.165, 1.54) is 6.42 Å². The molecule has 0 spiro atoms. The van der Waals surface area contributed by atoms with Gasteiger partial charge >= 0.3 is 0 Å². The van der Waals surface area contributed by atoms with Crippen molar-refractivity contribution in [2.24, 2.45) is 5.92 Å². The van der Waals surface area contributed by atoms with Crippen LogP contribution in [0.4, 0.5) is 0 Å². The van der Waals surface area contributed by atoms with E-state index in [0.717, 1.165) is 39.3 Å². The Kier molecular flexibility index (Phi) is 11.4. The highest BCUT2D eigenvalue weighted by molar-refractivity contribution is 5.76. The number of ether oxygens (including phenoxy) is 1. The predicted octanol–water partition coefficient (Wildman–Crippen LogP) is 1.55. The van der Waals surface area contributed by atoms with Gasteiger partial charge in [0, 0.05) is 32.7 Å². The maximum Gasteiger partial charge on any atom is 0.221 e. The average Bonchev–Trinajstić information content (AvgIpc) is 2.30. The molecule has 2 N–H and O–H groups in total.